The number of pyridine rings is 1. The Hall–Kier alpha value is -4.83. The van der Waals surface area contributed by atoms with Crippen LogP contribution in [0.4, 0.5) is 21.6 Å². The predicted octanol–water partition coefficient (Wildman–Crippen LogP) is 5.52. The Labute approximate surface area is 244 Å². The van der Waals surface area contributed by atoms with Gasteiger partial charge in [0.25, 0.3) is 11.5 Å². The minimum Gasteiger partial charge on any atom is -0.378 e. The van der Waals surface area contributed by atoms with Crippen molar-refractivity contribution in [1.29, 1.82) is 0 Å². The second-order valence-corrected chi connectivity index (χ2v) is 11.3. The van der Waals surface area contributed by atoms with Gasteiger partial charge >= 0.3 is 0 Å². The molecule has 4 N–H and O–H groups in total. The summed E-state index contributed by atoms with van der Waals surface area (Å²) in [5, 5.41) is 22.9. The van der Waals surface area contributed by atoms with Gasteiger partial charge in [0.1, 0.15) is 17.3 Å². The summed E-state index contributed by atoms with van der Waals surface area (Å²) in [5.41, 5.74) is 4.39. The lowest BCUT2D eigenvalue weighted by Crippen LogP contribution is -2.28. The molecular weight excluding hydrogens is 535 g/mol. The molecule has 1 atom stereocenters. The lowest BCUT2D eigenvalue weighted by Gasteiger charge is -2.20. The molecule has 10 heteroatoms. The quantitative estimate of drug-likeness (QED) is 0.220. The summed E-state index contributed by atoms with van der Waals surface area (Å²) in [6, 6.07) is 15.5. The third kappa shape index (κ3) is 6.55. The van der Waals surface area contributed by atoms with Crippen molar-refractivity contribution in [2.75, 3.05) is 24.7 Å². The van der Waals surface area contributed by atoms with Gasteiger partial charge in [-0.15, -0.1) is 0 Å². The highest BCUT2D eigenvalue weighted by atomic mass is 19.1. The van der Waals surface area contributed by atoms with Crippen LogP contribution in [0, 0.1) is 12.7 Å². The molecular formula is C32H35FN6O3. The van der Waals surface area contributed by atoms with Crippen LogP contribution in [-0.4, -0.2) is 45.2 Å². The highest BCUT2D eigenvalue weighted by Gasteiger charge is 2.20. The summed E-state index contributed by atoms with van der Waals surface area (Å²) in [7, 11) is 3.10. The van der Waals surface area contributed by atoms with Gasteiger partial charge in [-0.3, -0.25) is 9.59 Å². The molecule has 0 aliphatic carbocycles. The van der Waals surface area contributed by atoms with E-state index in [-0.39, 0.29) is 16.8 Å². The second kappa shape index (κ2) is 12.0. The summed E-state index contributed by atoms with van der Waals surface area (Å²) < 4.78 is 15.0. The molecule has 0 saturated carbocycles. The molecule has 218 valence electrons. The van der Waals surface area contributed by atoms with Gasteiger partial charge in [-0.2, -0.15) is 5.10 Å². The Morgan fingerprint density at radius 2 is 1.79 bits per heavy atom. The monoisotopic (exact) mass is 570 g/mol. The average Bonchev–Trinajstić information content (AvgIpc) is 2.95. The van der Waals surface area contributed by atoms with E-state index in [0.717, 1.165) is 5.56 Å². The van der Waals surface area contributed by atoms with E-state index in [9.17, 15) is 14.7 Å². The van der Waals surface area contributed by atoms with Gasteiger partial charge in [0.15, 0.2) is 6.10 Å². The van der Waals surface area contributed by atoms with Crippen LogP contribution in [0.5, 0.6) is 0 Å². The summed E-state index contributed by atoms with van der Waals surface area (Å²) in [6.45, 7) is 12.3. The molecule has 2 heterocycles. The Bertz CT molecular complexity index is 1670. The van der Waals surface area contributed by atoms with Crippen molar-refractivity contribution in [3.05, 3.63) is 106 Å². The number of H-pyrrole nitrogens is 1. The van der Waals surface area contributed by atoms with E-state index in [1.54, 1.807) is 45.3 Å². The number of anilines is 3. The van der Waals surface area contributed by atoms with E-state index in [2.05, 4.69) is 53.2 Å². The highest BCUT2D eigenvalue weighted by Crippen LogP contribution is 2.33. The highest BCUT2D eigenvalue weighted by molar-refractivity contribution is 5.82. The van der Waals surface area contributed by atoms with Crippen LogP contribution >= 0.6 is 0 Å². The van der Waals surface area contributed by atoms with Crippen LogP contribution in [0.1, 0.15) is 49.1 Å². The molecule has 42 heavy (non-hydrogen) atoms. The molecule has 0 spiro atoms. The molecule has 2 aromatic carbocycles. The van der Waals surface area contributed by atoms with Gasteiger partial charge in [0.05, 0.1) is 11.4 Å². The predicted molar refractivity (Wildman–Crippen MR) is 164 cm³/mol. The van der Waals surface area contributed by atoms with Crippen molar-refractivity contribution in [2.45, 2.75) is 39.2 Å². The van der Waals surface area contributed by atoms with Gasteiger partial charge in [-0.25, -0.2) is 14.5 Å². The van der Waals surface area contributed by atoms with Crippen LogP contribution < -0.4 is 16.2 Å². The summed E-state index contributed by atoms with van der Waals surface area (Å²) in [6.07, 6.45) is 0.0108. The van der Waals surface area contributed by atoms with E-state index in [0.29, 0.717) is 33.9 Å². The lowest BCUT2D eigenvalue weighted by atomic mass is 9.86. The zero-order chi connectivity index (χ0) is 30.8. The number of nitrogens with zero attached hydrogens (tertiary/aromatic N) is 3. The van der Waals surface area contributed by atoms with Crippen molar-refractivity contribution < 1.29 is 14.3 Å². The molecule has 0 bridgehead atoms. The minimum absolute atomic E-state index is 0.00998. The van der Waals surface area contributed by atoms with Crippen LogP contribution in [-0.2, 0) is 10.2 Å². The molecule has 1 amide bonds. The SMILES string of the molecule is C=C(Nc1c(F)ccc(-c2cc(Nc3ccc(C(O)C(=O)N(C)C)cn3)c(=O)[nH]n2)c1C)c1ccc(C(C)(C)C)cc1. The zero-order valence-corrected chi connectivity index (χ0v) is 24.5. The number of benzene rings is 2. The second-order valence-electron chi connectivity index (χ2n) is 11.3. The number of nitrogens with one attached hydrogen (secondary N) is 3. The Kier molecular flexibility index (Phi) is 8.58. The number of rotatable bonds is 8. The number of carbonyl (C=O) groups is 1. The number of carbonyl (C=O) groups excluding carboxylic acids is 1. The molecule has 0 fully saturated rings. The van der Waals surface area contributed by atoms with Gasteiger partial charge in [0.2, 0.25) is 0 Å². The Morgan fingerprint density at radius 1 is 1.10 bits per heavy atom. The topological polar surface area (TPSA) is 123 Å². The van der Waals surface area contributed by atoms with Crippen molar-refractivity contribution in [1.82, 2.24) is 20.1 Å². The molecule has 0 radical (unpaired) electrons. The number of aliphatic hydroxyl groups is 1. The van der Waals surface area contributed by atoms with Crippen molar-refractivity contribution >= 4 is 28.8 Å². The first-order valence-corrected chi connectivity index (χ1v) is 13.3. The Morgan fingerprint density at radius 3 is 2.38 bits per heavy atom. The number of aromatic amines is 1. The van der Waals surface area contributed by atoms with Crippen molar-refractivity contribution in [2.24, 2.45) is 0 Å². The normalized spacial score (nSPS) is 12.0. The van der Waals surface area contributed by atoms with Crippen LogP contribution in [0.3, 0.4) is 0 Å². The molecule has 0 saturated heterocycles. The number of likely N-dealkylation sites (N-methyl/N-ethyl adjacent to an activating group) is 1. The summed E-state index contributed by atoms with van der Waals surface area (Å²) in [5.74, 6) is -0.609. The van der Waals surface area contributed by atoms with Gasteiger partial charge in [0, 0.05) is 37.1 Å². The number of halogens is 1. The van der Waals surface area contributed by atoms with Gasteiger partial charge in [-0.1, -0.05) is 57.7 Å². The standard InChI is InChI=1S/C32H35FN6O3/c1-18-23(13-14-24(33)28(18)35-19(2)20-8-11-22(12-9-20)32(3,4)5)25-16-26(30(41)38-37-25)36-27-15-10-21(17-34-27)29(40)31(42)39(6)7/h8-17,29,35,40H,2H2,1,3-7H3,(H,38,41)(H,34,36,37). The number of aromatic nitrogens is 3. The van der Waals surface area contributed by atoms with Crippen LogP contribution in [0.15, 0.2) is 72.2 Å². The van der Waals surface area contributed by atoms with Crippen molar-refractivity contribution in [3.63, 3.8) is 0 Å². The molecule has 2 aromatic heterocycles. The third-order valence-corrected chi connectivity index (χ3v) is 6.91. The molecule has 4 aromatic rings. The third-order valence-electron chi connectivity index (χ3n) is 6.91. The first-order chi connectivity index (χ1) is 19.8. The maximum absolute atomic E-state index is 15.0. The van der Waals surface area contributed by atoms with Crippen molar-refractivity contribution in [3.8, 4) is 11.3 Å². The summed E-state index contributed by atoms with van der Waals surface area (Å²) >= 11 is 0. The largest absolute Gasteiger partial charge is 0.378 e. The van der Waals surface area contributed by atoms with Gasteiger partial charge in [-0.05, 0) is 53.3 Å². The molecule has 4 rings (SSSR count). The maximum Gasteiger partial charge on any atom is 0.287 e. The maximum atomic E-state index is 15.0. The fourth-order valence-electron chi connectivity index (χ4n) is 4.31. The van der Waals surface area contributed by atoms with E-state index in [4.69, 9.17) is 0 Å². The molecule has 9 nitrogen and oxygen atoms in total. The van der Waals surface area contributed by atoms with Crippen LogP contribution in [0.25, 0.3) is 17.0 Å². The smallest absolute Gasteiger partial charge is 0.287 e. The fourth-order valence-corrected chi connectivity index (χ4v) is 4.31. The first kappa shape index (κ1) is 30.1. The fraction of sp³-hybridized carbons (Fsp3) is 0.250. The number of aliphatic hydroxyl groups excluding tert-OH is 1. The zero-order valence-electron chi connectivity index (χ0n) is 24.5. The summed E-state index contributed by atoms with van der Waals surface area (Å²) in [4.78, 5) is 30.1. The molecule has 0 aliphatic heterocycles. The number of hydrogen-bond acceptors (Lipinski definition) is 7. The van der Waals surface area contributed by atoms with E-state index < -0.39 is 23.4 Å². The van der Waals surface area contributed by atoms with Gasteiger partial charge < -0.3 is 20.6 Å². The first-order valence-electron chi connectivity index (χ1n) is 13.3. The molecule has 1 unspecified atom stereocenters. The van der Waals surface area contributed by atoms with E-state index in [1.807, 2.05) is 24.3 Å². The number of hydrogen-bond donors (Lipinski definition) is 4. The number of amides is 1. The lowest BCUT2D eigenvalue weighted by molar-refractivity contribution is -0.137. The van der Waals surface area contributed by atoms with E-state index >= 15 is 4.39 Å². The Balaban J connectivity index is 1.58. The minimum atomic E-state index is -1.35. The van der Waals surface area contributed by atoms with E-state index in [1.165, 1.54) is 22.7 Å². The molecule has 0 aliphatic rings. The average molecular weight is 571 g/mol. The van der Waals surface area contributed by atoms with Crippen LogP contribution in [0.2, 0.25) is 0 Å².